The van der Waals surface area contributed by atoms with Gasteiger partial charge >= 0.3 is 0 Å². The Bertz CT molecular complexity index is 878. The lowest BCUT2D eigenvalue weighted by atomic mass is 10.2. The number of nitrogens with one attached hydrogen (secondary N) is 1. The summed E-state index contributed by atoms with van der Waals surface area (Å²) in [6, 6.07) is 7.26. The number of hydrogen-bond donors (Lipinski definition) is 1. The van der Waals surface area contributed by atoms with Crippen molar-refractivity contribution in [3.8, 4) is 0 Å². The van der Waals surface area contributed by atoms with E-state index in [0.717, 1.165) is 11.3 Å². The molecule has 0 bridgehead atoms. The van der Waals surface area contributed by atoms with E-state index in [4.69, 9.17) is 11.6 Å². The Morgan fingerprint density at radius 2 is 1.70 bits per heavy atom. The van der Waals surface area contributed by atoms with Crippen LogP contribution in [0.3, 0.4) is 0 Å². The van der Waals surface area contributed by atoms with Crippen LogP contribution < -0.4 is 5.32 Å². The molecular weight excluding hydrogens is 366 g/mol. The summed E-state index contributed by atoms with van der Waals surface area (Å²) in [7, 11) is 0. The Morgan fingerprint density at radius 1 is 1.04 bits per heavy atom. The largest absolute Gasteiger partial charge is 0.339 e. The first kappa shape index (κ1) is 19.1. The molecule has 0 radical (unpaired) electrons. The number of hydrogen-bond acceptors (Lipinski definition) is 5. The lowest BCUT2D eigenvalue weighted by Crippen LogP contribution is -2.50. The maximum absolute atomic E-state index is 12.8. The third-order valence-electron chi connectivity index (χ3n) is 4.51. The Hall–Kier alpha value is -2.67. The minimum atomic E-state index is -0.159. The summed E-state index contributed by atoms with van der Waals surface area (Å²) >= 11 is 6.16. The highest BCUT2D eigenvalue weighted by molar-refractivity contribution is 6.31. The summed E-state index contributed by atoms with van der Waals surface area (Å²) < 4.78 is 0. The van der Waals surface area contributed by atoms with E-state index in [-0.39, 0.29) is 11.8 Å². The van der Waals surface area contributed by atoms with Gasteiger partial charge in [-0.2, -0.15) is 0 Å². The predicted octanol–water partition coefficient (Wildman–Crippen LogP) is 2.79. The molecule has 2 amide bonds. The third-order valence-corrected chi connectivity index (χ3v) is 4.92. The average Bonchev–Trinajstić information content (AvgIpc) is 2.64. The molecule has 7 nitrogen and oxygen atoms in total. The highest BCUT2D eigenvalue weighted by atomic mass is 35.5. The van der Waals surface area contributed by atoms with Crippen molar-refractivity contribution in [1.29, 1.82) is 0 Å². The van der Waals surface area contributed by atoms with Crippen molar-refractivity contribution < 1.29 is 9.59 Å². The fourth-order valence-corrected chi connectivity index (χ4v) is 3.10. The van der Waals surface area contributed by atoms with Gasteiger partial charge in [-0.15, -0.1) is 0 Å². The average molecular weight is 388 g/mol. The third kappa shape index (κ3) is 4.54. The summed E-state index contributed by atoms with van der Waals surface area (Å²) in [5.74, 6) is 0.220. The van der Waals surface area contributed by atoms with Gasteiger partial charge in [-0.25, -0.2) is 9.97 Å². The molecule has 0 spiro atoms. The molecule has 2 heterocycles. The topological polar surface area (TPSA) is 78.4 Å². The van der Waals surface area contributed by atoms with E-state index in [2.05, 4.69) is 15.3 Å². The summed E-state index contributed by atoms with van der Waals surface area (Å²) in [6.45, 7) is 7.36. The molecule has 142 valence electrons. The SMILES string of the molecule is CC(=O)N1CCN(C(=O)c2cc(C)nc(Nc3ccc(C)c(Cl)c3)n2)CC1. The first-order valence-corrected chi connectivity index (χ1v) is 9.15. The number of aromatic nitrogens is 2. The fourth-order valence-electron chi connectivity index (χ4n) is 2.92. The molecule has 2 aromatic rings. The van der Waals surface area contributed by atoms with Crippen LogP contribution >= 0.6 is 11.6 Å². The van der Waals surface area contributed by atoms with Crippen molar-refractivity contribution in [2.45, 2.75) is 20.8 Å². The van der Waals surface area contributed by atoms with Crippen molar-refractivity contribution in [2.24, 2.45) is 0 Å². The number of rotatable bonds is 3. The van der Waals surface area contributed by atoms with Crippen LogP contribution in [0.5, 0.6) is 0 Å². The van der Waals surface area contributed by atoms with Gasteiger partial charge in [0.25, 0.3) is 5.91 Å². The lowest BCUT2D eigenvalue weighted by molar-refractivity contribution is -0.130. The second-order valence-corrected chi connectivity index (χ2v) is 7.01. The first-order chi connectivity index (χ1) is 12.8. The van der Waals surface area contributed by atoms with Gasteiger partial charge in [-0.3, -0.25) is 9.59 Å². The predicted molar refractivity (Wildman–Crippen MR) is 104 cm³/mol. The number of halogens is 1. The molecule has 1 aliphatic rings. The van der Waals surface area contributed by atoms with Crippen molar-refractivity contribution in [2.75, 3.05) is 31.5 Å². The minimum Gasteiger partial charge on any atom is -0.339 e. The molecule has 0 aliphatic carbocycles. The van der Waals surface area contributed by atoms with E-state index in [1.165, 1.54) is 0 Å². The quantitative estimate of drug-likeness (QED) is 0.876. The molecule has 0 unspecified atom stereocenters. The number of aryl methyl sites for hydroxylation is 2. The Balaban J connectivity index is 1.75. The van der Waals surface area contributed by atoms with Crippen LogP contribution in [0.4, 0.5) is 11.6 Å². The maximum Gasteiger partial charge on any atom is 0.272 e. The summed E-state index contributed by atoms with van der Waals surface area (Å²) in [6.07, 6.45) is 0. The van der Waals surface area contributed by atoms with E-state index in [1.807, 2.05) is 26.0 Å². The van der Waals surface area contributed by atoms with Gasteiger partial charge < -0.3 is 15.1 Å². The van der Waals surface area contributed by atoms with Gasteiger partial charge in [0.15, 0.2) is 0 Å². The number of benzene rings is 1. The molecule has 8 heteroatoms. The molecule has 27 heavy (non-hydrogen) atoms. The molecule has 1 aromatic carbocycles. The Morgan fingerprint density at radius 3 is 2.33 bits per heavy atom. The molecular formula is C19H22ClN5O2. The zero-order valence-corrected chi connectivity index (χ0v) is 16.4. The minimum absolute atomic E-state index is 0.0308. The molecule has 0 saturated carbocycles. The Kier molecular flexibility index (Phi) is 5.60. The molecule has 0 atom stereocenters. The van der Waals surface area contributed by atoms with Crippen molar-refractivity contribution in [1.82, 2.24) is 19.8 Å². The highest BCUT2D eigenvalue weighted by Crippen LogP contribution is 2.22. The molecule has 1 aromatic heterocycles. The van der Waals surface area contributed by atoms with Gasteiger partial charge in [0.05, 0.1) is 0 Å². The van der Waals surface area contributed by atoms with Crippen LogP contribution in [0, 0.1) is 13.8 Å². The number of piperazine rings is 1. The van der Waals surface area contributed by atoms with Crippen LogP contribution in [0.15, 0.2) is 24.3 Å². The van der Waals surface area contributed by atoms with Crippen molar-refractivity contribution in [3.63, 3.8) is 0 Å². The number of anilines is 2. The van der Waals surface area contributed by atoms with Gasteiger partial charge in [0.2, 0.25) is 11.9 Å². The van der Waals surface area contributed by atoms with E-state index in [1.54, 1.807) is 28.9 Å². The number of nitrogens with zero attached hydrogens (tertiary/aromatic N) is 4. The number of carbonyl (C=O) groups is 2. The van der Waals surface area contributed by atoms with Crippen LogP contribution in [0.1, 0.15) is 28.7 Å². The first-order valence-electron chi connectivity index (χ1n) is 8.77. The Labute approximate surface area is 163 Å². The van der Waals surface area contributed by atoms with E-state index in [9.17, 15) is 9.59 Å². The van der Waals surface area contributed by atoms with Crippen LogP contribution in [0.25, 0.3) is 0 Å². The van der Waals surface area contributed by atoms with E-state index >= 15 is 0 Å². The number of carbonyl (C=O) groups excluding carboxylic acids is 2. The van der Waals surface area contributed by atoms with E-state index < -0.39 is 0 Å². The maximum atomic E-state index is 12.8. The van der Waals surface area contributed by atoms with Crippen molar-refractivity contribution >= 4 is 35.1 Å². The van der Waals surface area contributed by atoms with Crippen LogP contribution in [-0.2, 0) is 4.79 Å². The summed E-state index contributed by atoms with van der Waals surface area (Å²) in [5.41, 5.74) is 2.76. The molecule has 1 fully saturated rings. The molecule has 1 N–H and O–H groups in total. The second kappa shape index (κ2) is 7.92. The zero-order valence-electron chi connectivity index (χ0n) is 15.6. The van der Waals surface area contributed by atoms with Gasteiger partial charge in [-0.1, -0.05) is 17.7 Å². The normalized spacial score (nSPS) is 14.2. The highest BCUT2D eigenvalue weighted by Gasteiger charge is 2.24. The zero-order chi connectivity index (χ0) is 19.6. The van der Waals surface area contributed by atoms with E-state index in [0.29, 0.717) is 48.5 Å². The second-order valence-electron chi connectivity index (χ2n) is 6.61. The summed E-state index contributed by atoms with van der Waals surface area (Å²) in [5, 5.41) is 3.75. The smallest absolute Gasteiger partial charge is 0.272 e. The van der Waals surface area contributed by atoms with Crippen molar-refractivity contribution in [3.05, 3.63) is 46.2 Å². The molecule has 3 rings (SSSR count). The van der Waals surface area contributed by atoms with Gasteiger partial charge in [0.1, 0.15) is 5.69 Å². The lowest BCUT2D eigenvalue weighted by Gasteiger charge is -2.34. The molecule has 1 aliphatic heterocycles. The van der Waals surface area contributed by atoms with Crippen LogP contribution in [0.2, 0.25) is 5.02 Å². The molecule has 1 saturated heterocycles. The van der Waals surface area contributed by atoms with Crippen LogP contribution in [-0.4, -0.2) is 57.8 Å². The monoisotopic (exact) mass is 387 g/mol. The standard InChI is InChI=1S/C19H22ClN5O2/c1-12-4-5-15(11-16(12)20)22-19-21-13(2)10-17(23-19)18(27)25-8-6-24(7-9-25)14(3)26/h4-5,10-11H,6-9H2,1-3H3,(H,21,22,23). The van der Waals surface area contributed by atoms with Gasteiger partial charge in [0, 0.05) is 49.5 Å². The summed E-state index contributed by atoms with van der Waals surface area (Å²) in [4.78, 5) is 36.4. The number of amides is 2. The van der Waals surface area contributed by atoms with Gasteiger partial charge in [-0.05, 0) is 37.6 Å². The fraction of sp³-hybridized carbons (Fsp3) is 0.368.